The van der Waals surface area contributed by atoms with Gasteiger partial charge in [0, 0.05) is 23.9 Å². The van der Waals surface area contributed by atoms with E-state index in [1.165, 1.54) is 23.4 Å². The first-order chi connectivity index (χ1) is 7.85. The van der Waals surface area contributed by atoms with Crippen molar-refractivity contribution in [3.05, 3.63) is 15.6 Å². The van der Waals surface area contributed by atoms with Gasteiger partial charge >= 0.3 is 0 Å². The molecular weight excluding hydrogens is 220 g/mol. The van der Waals surface area contributed by atoms with E-state index >= 15 is 0 Å². The molecule has 2 rings (SSSR count). The van der Waals surface area contributed by atoms with Crippen LogP contribution in [0.5, 0.6) is 0 Å². The fourth-order valence-corrected chi connectivity index (χ4v) is 2.85. The van der Waals surface area contributed by atoms with Crippen molar-refractivity contribution in [1.82, 2.24) is 10.3 Å². The zero-order valence-electron chi connectivity index (χ0n) is 10.1. The molecule has 1 aliphatic rings. The first-order valence-corrected chi connectivity index (χ1v) is 6.87. The molecular formula is C12H20N2OS. The Balaban J connectivity index is 1.99. The SMILES string of the molecule is CCCOCc1nc(C2CC2)c(CNC)s1. The van der Waals surface area contributed by atoms with Crippen LogP contribution in [-0.4, -0.2) is 18.6 Å². The van der Waals surface area contributed by atoms with E-state index in [0.717, 1.165) is 30.5 Å². The fraction of sp³-hybridized carbons (Fsp3) is 0.750. The van der Waals surface area contributed by atoms with E-state index in [2.05, 4.69) is 12.2 Å². The summed E-state index contributed by atoms with van der Waals surface area (Å²) in [6, 6.07) is 0. The van der Waals surface area contributed by atoms with Crippen molar-refractivity contribution >= 4 is 11.3 Å². The molecule has 1 aromatic heterocycles. The van der Waals surface area contributed by atoms with Crippen LogP contribution in [0.15, 0.2) is 0 Å². The molecule has 1 aromatic rings. The fourth-order valence-electron chi connectivity index (χ4n) is 1.74. The first-order valence-electron chi connectivity index (χ1n) is 6.06. The van der Waals surface area contributed by atoms with Gasteiger partial charge in [-0.15, -0.1) is 11.3 Å². The van der Waals surface area contributed by atoms with Crippen molar-refractivity contribution in [3.63, 3.8) is 0 Å². The highest BCUT2D eigenvalue weighted by Crippen LogP contribution is 2.42. The predicted octanol–water partition coefficient (Wildman–Crippen LogP) is 2.67. The molecule has 1 heterocycles. The molecule has 3 nitrogen and oxygen atoms in total. The number of thiazole rings is 1. The summed E-state index contributed by atoms with van der Waals surface area (Å²) in [5, 5.41) is 4.36. The molecule has 16 heavy (non-hydrogen) atoms. The van der Waals surface area contributed by atoms with E-state index in [1.807, 2.05) is 7.05 Å². The molecule has 0 bridgehead atoms. The smallest absolute Gasteiger partial charge is 0.119 e. The molecule has 0 amide bonds. The van der Waals surface area contributed by atoms with Gasteiger partial charge in [0.15, 0.2) is 0 Å². The van der Waals surface area contributed by atoms with Gasteiger partial charge in [0.25, 0.3) is 0 Å². The van der Waals surface area contributed by atoms with Crippen LogP contribution < -0.4 is 5.32 Å². The van der Waals surface area contributed by atoms with E-state index in [4.69, 9.17) is 9.72 Å². The highest BCUT2D eigenvalue weighted by molar-refractivity contribution is 7.11. The average molecular weight is 240 g/mol. The van der Waals surface area contributed by atoms with E-state index in [9.17, 15) is 0 Å². The zero-order valence-corrected chi connectivity index (χ0v) is 10.9. The minimum Gasteiger partial charge on any atom is -0.374 e. The molecule has 1 fully saturated rings. The van der Waals surface area contributed by atoms with Crippen LogP contribution in [0.25, 0.3) is 0 Å². The summed E-state index contributed by atoms with van der Waals surface area (Å²) in [6.07, 6.45) is 3.70. The van der Waals surface area contributed by atoms with Gasteiger partial charge in [-0.2, -0.15) is 0 Å². The van der Waals surface area contributed by atoms with E-state index < -0.39 is 0 Å². The van der Waals surface area contributed by atoms with Gasteiger partial charge in [0.1, 0.15) is 5.01 Å². The summed E-state index contributed by atoms with van der Waals surface area (Å²) in [7, 11) is 1.99. The lowest BCUT2D eigenvalue weighted by molar-refractivity contribution is 0.121. The number of rotatable bonds is 7. The highest BCUT2D eigenvalue weighted by Gasteiger charge is 2.29. The summed E-state index contributed by atoms with van der Waals surface area (Å²) in [5.41, 5.74) is 1.33. The minimum atomic E-state index is 0.682. The molecule has 0 unspecified atom stereocenters. The molecule has 0 aromatic carbocycles. The Labute approximate surface area is 101 Å². The van der Waals surface area contributed by atoms with E-state index in [-0.39, 0.29) is 0 Å². The third kappa shape index (κ3) is 3.03. The van der Waals surface area contributed by atoms with Crippen LogP contribution in [-0.2, 0) is 17.9 Å². The second kappa shape index (κ2) is 5.75. The van der Waals surface area contributed by atoms with Crippen LogP contribution >= 0.6 is 11.3 Å². The summed E-state index contributed by atoms with van der Waals surface area (Å²) in [4.78, 5) is 6.12. The minimum absolute atomic E-state index is 0.682. The number of hydrogen-bond donors (Lipinski definition) is 1. The van der Waals surface area contributed by atoms with E-state index in [1.54, 1.807) is 11.3 Å². The summed E-state index contributed by atoms with van der Waals surface area (Å²) < 4.78 is 5.54. The molecule has 90 valence electrons. The van der Waals surface area contributed by atoms with E-state index in [0.29, 0.717) is 6.61 Å². The molecule has 1 aliphatic carbocycles. The van der Waals surface area contributed by atoms with Crippen molar-refractivity contribution in [2.24, 2.45) is 0 Å². The molecule has 0 aliphatic heterocycles. The third-order valence-corrected chi connectivity index (χ3v) is 3.69. The Bertz CT molecular complexity index is 334. The molecule has 0 atom stereocenters. The Morgan fingerprint density at radius 2 is 2.31 bits per heavy atom. The van der Waals surface area contributed by atoms with Crippen molar-refractivity contribution in [1.29, 1.82) is 0 Å². The van der Waals surface area contributed by atoms with Gasteiger partial charge in [0.05, 0.1) is 12.3 Å². The summed E-state index contributed by atoms with van der Waals surface area (Å²) in [5.74, 6) is 0.736. The topological polar surface area (TPSA) is 34.1 Å². The quantitative estimate of drug-likeness (QED) is 0.744. The first kappa shape index (κ1) is 12.0. The van der Waals surface area contributed by atoms with Gasteiger partial charge in [-0.05, 0) is 26.3 Å². The van der Waals surface area contributed by atoms with Crippen LogP contribution in [0.1, 0.15) is 47.7 Å². The van der Waals surface area contributed by atoms with Crippen molar-refractivity contribution in [2.45, 2.75) is 45.3 Å². The summed E-state index contributed by atoms with van der Waals surface area (Å²) >= 11 is 1.80. The molecule has 4 heteroatoms. The number of aromatic nitrogens is 1. The lowest BCUT2D eigenvalue weighted by atomic mass is 10.2. The second-order valence-electron chi connectivity index (χ2n) is 4.27. The maximum atomic E-state index is 5.54. The molecule has 0 spiro atoms. The normalized spacial score (nSPS) is 15.6. The standard InChI is InChI=1S/C12H20N2OS/c1-3-6-15-8-11-14-12(9-4-5-9)10(16-11)7-13-2/h9,13H,3-8H2,1-2H3. The largest absolute Gasteiger partial charge is 0.374 e. The third-order valence-electron chi connectivity index (χ3n) is 2.65. The molecule has 1 N–H and O–H groups in total. The Morgan fingerprint density at radius 1 is 1.50 bits per heavy atom. The molecule has 0 radical (unpaired) electrons. The van der Waals surface area contributed by atoms with Gasteiger partial charge in [-0.1, -0.05) is 6.92 Å². The number of hydrogen-bond acceptors (Lipinski definition) is 4. The molecule has 1 saturated carbocycles. The predicted molar refractivity (Wildman–Crippen MR) is 66.8 cm³/mol. The zero-order chi connectivity index (χ0) is 11.4. The van der Waals surface area contributed by atoms with Crippen LogP contribution in [0.2, 0.25) is 0 Å². The Morgan fingerprint density at radius 3 is 2.94 bits per heavy atom. The summed E-state index contributed by atoms with van der Waals surface area (Å²) in [6.45, 7) is 4.59. The number of nitrogens with one attached hydrogen (secondary N) is 1. The molecule has 0 saturated heterocycles. The van der Waals surface area contributed by atoms with Crippen LogP contribution in [0.4, 0.5) is 0 Å². The van der Waals surface area contributed by atoms with Gasteiger partial charge in [-0.3, -0.25) is 0 Å². The Kier molecular flexibility index (Phi) is 4.32. The Hall–Kier alpha value is -0.450. The lowest BCUT2D eigenvalue weighted by Crippen LogP contribution is -2.05. The maximum Gasteiger partial charge on any atom is 0.119 e. The van der Waals surface area contributed by atoms with Crippen molar-refractivity contribution < 1.29 is 4.74 Å². The van der Waals surface area contributed by atoms with Crippen molar-refractivity contribution in [2.75, 3.05) is 13.7 Å². The number of ether oxygens (including phenoxy) is 1. The van der Waals surface area contributed by atoms with Crippen LogP contribution in [0, 0.1) is 0 Å². The van der Waals surface area contributed by atoms with Gasteiger partial charge < -0.3 is 10.1 Å². The lowest BCUT2D eigenvalue weighted by Gasteiger charge is -1.97. The average Bonchev–Trinajstić information content (AvgIpc) is 3.04. The second-order valence-corrected chi connectivity index (χ2v) is 5.44. The van der Waals surface area contributed by atoms with Crippen LogP contribution in [0.3, 0.4) is 0 Å². The monoisotopic (exact) mass is 240 g/mol. The number of nitrogens with zero attached hydrogens (tertiary/aromatic N) is 1. The van der Waals surface area contributed by atoms with Crippen molar-refractivity contribution in [3.8, 4) is 0 Å². The maximum absolute atomic E-state index is 5.54. The van der Waals surface area contributed by atoms with Gasteiger partial charge in [0.2, 0.25) is 0 Å². The highest BCUT2D eigenvalue weighted by atomic mass is 32.1. The van der Waals surface area contributed by atoms with Gasteiger partial charge in [-0.25, -0.2) is 4.98 Å².